The highest BCUT2D eigenvalue weighted by molar-refractivity contribution is 6.42. The zero-order chi connectivity index (χ0) is 12.1. The van der Waals surface area contributed by atoms with Crippen molar-refractivity contribution in [2.45, 2.75) is 20.1 Å². The van der Waals surface area contributed by atoms with Crippen LogP contribution in [-0.4, -0.2) is 15.9 Å². The van der Waals surface area contributed by atoms with E-state index in [0.717, 1.165) is 6.61 Å². The minimum Gasteiger partial charge on any atom is -0.394 e. The molecule has 0 heterocycles. The molecule has 1 radical (unpaired) electrons. The van der Waals surface area contributed by atoms with E-state index in [-0.39, 0.29) is 0 Å². The van der Waals surface area contributed by atoms with Gasteiger partial charge in [0, 0.05) is 6.61 Å². The quantitative estimate of drug-likeness (QED) is 0.750. The Labute approximate surface area is 104 Å². The smallest absolute Gasteiger partial charge is 0.381 e. The number of hydrogen-bond donors (Lipinski definition) is 0. The molecule has 0 aromatic heterocycles. The predicted octanol–water partition coefficient (Wildman–Crippen LogP) is 3.51. The van der Waals surface area contributed by atoms with Crippen LogP contribution in [0.2, 0.25) is 6.55 Å². The Bertz CT molecular complexity index is 479. The van der Waals surface area contributed by atoms with Crippen LogP contribution < -0.4 is 0 Å². The molecule has 89 valence electrons. The molecule has 0 aliphatic carbocycles. The lowest BCUT2D eigenvalue weighted by Gasteiger charge is -2.11. The Morgan fingerprint density at radius 2 is 1.76 bits per heavy atom. The van der Waals surface area contributed by atoms with Gasteiger partial charge < -0.3 is 8.85 Å². The van der Waals surface area contributed by atoms with E-state index in [1.54, 1.807) is 0 Å². The molecule has 0 unspecified atom stereocenters. The third kappa shape index (κ3) is 3.16. The fourth-order valence-electron chi connectivity index (χ4n) is 1.84. The summed E-state index contributed by atoms with van der Waals surface area (Å²) >= 11 is 0. The molecule has 0 aliphatic rings. The molecule has 0 aliphatic heterocycles. The van der Waals surface area contributed by atoms with Gasteiger partial charge in [0.15, 0.2) is 0 Å². The summed E-state index contributed by atoms with van der Waals surface area (Å²) in [5, 5.41) is 2.52. The van der Waals surface area contributed by atoms with Gasteiger partial charge in [-0.3, -0.25) is 0 Å². The van der Waals surface area contributed by atoms with Gasteiger partial charge in [0.2, 0.25) is 0 Å². The summed E-state index contributed by atoms with van der Waals surface area (Å²) in [4.78, 5) is 0. The highest BCUT2D eigenvalue weighted by Gasteiger charge is 2.08. The molecule has 2 nitrogen and oxygen atoms in total. The summed E-state index contributed by atoms with van der Waals surface area (Å²) in [6.45, 7) is 5.38. The van der Waals surface area contributed by atoms with Gasteiger partial charge in [0.25, 0.3) is 0 Å². The molecule has 0 N–H and O–H groups in total. The molecule has 0 amide bonds. The van der Waals surface area contributed by atoms with Crippen molar-refractivity contribution in [1.29, 1.82) is 0 Å². The van der Waals surface area contributed by atoms with Gasteiger partial charge >= 0.3 is 9.28 Å². The van der Waals surface area contributed by atoms with Crippen molar-refractivity contribution in [2.75, 3.05) is 6.61 Å². The van der Waals surface area contributed by atoms with Gasteiger partial charge in [-0.25, -0.2) is 0 Å². The average molecular weight is 245 g/mol. The molecule has 0 saturated heterocycles. The van der Waals surface area contributed by atoms with Crippen molar-refractivity contribution in [3.05, 3.63) is 48.0 Å². The van der Waals surface area contributed by atoms with Crippen LogP contribution in [0.15, 0.2) is 42.5 Å². The van der Waals surface area contributed by atoms with Gasteiger partial charge in [0.1, 0.15) is 0 Å². The van der Waals surface area contributed by atoms with Gasteiger partial charge in [-0.15, -0.1) is 0 Å². The lowest BCUT2D eigenvalue weighted by atomic mass is 10.1. The van der Waals surface area contributed by atoms with Crippen molar-refractivity contribution >= 4 is 20.1 Å². The third-order valence-corrected chi connectivity index (χ3v) is 3.90. The summed E-state index contributed by atoms with van der Waals surface area (Å²) in [6, 6.07) is 14.7. The number of benzene rings is 2. The molecule has 3 heteroatoms. The summed E-state index contributed by atoms with van der Waals surface area (Å²) in [6.07, 6.45) is 0. The van der Waals surface area contributed by atoms with Crippen molar-refractivity contribution in [3.63, 3.8) is 0 Å². The summed E-state index contributed by atoms with van der Waals surface area (Å²) in [5.41, 5.74) is 1.23. The maximum absolute atomic E-state index is 5.76. The molecule has 0 atom stereocenters. The molecule has 0 spiro atoms. The zero-order valence-corrected chi connectivity index (χ0v) is 11.3. The molecule has 0 bridgehead atoms. The van der Waals surface area contributed by atoms with E-state index in [1.807, 2.05) is 13.5 Å². The molecular weight excluding hydrogens is 228 g/mol. The van der Waals surface area contributed by atoms with Gasteiger partial charge in [-0.1, -0.05) is 42.5 Å². The fourth-order valence-corrected chi connectivity index (χ4v) is 2.69. The van der Waals surface area contributed by atoms with Crippen LogP contribution in [0.4, 0.5) is 0 Å². The summed E-state index contributed by atoms with van der Waals surface area (Å²) in [5.74, 6) is 0. The van der Waals surface area contributed by atoms with E-state index in [2.05, 4.69) is 42.5 Å². The average Bonchev–Trinajstić information content (AvgIpc) is 2.36. The summed E-state index contributed by atoms with van der Waals surface area (Å²) in [7, 11) is -1.11. The molecule has 2 aromatic rings. The Kier molecular flexibility index (Phi) is 4.31. The first-order valence-electron chi connectivity index (χ1n) is 5.87. The van der Waals surface area contributed by atoms with Crippen molar-refractivity contribution in [2.24, 2.45) is 0 Å². The van der Waals surface area contributed by atoms with Crippen LogP contribution in [0, 0.1) is 0 Å². The number of fused-ring (bicyclic) bond motifs is 1. The zero-order valence-electron chi connectivity index (χ0n) is 10.3. The Hall–Kier alpha value is -1.16. The standard InChI is InChI=1S/C14H17O2Si/c1-3-15-17(2)16-11-13-9-6-8-12-7-4-5-10-14(12)13/h4-10H,3,11H2,1-2H3. The molecular formula is C14H17O2Si. The largest absolute Gasteiger partial charge is 0.394 e. The van der Waals surface area contributed by atoms with Crippen LogP contribution in [0.1, 0.15) is 12.5 Å². The SMILES string of the molecule is CCO[Si](C)OCc1cccc2ccccc12. The van der Waals surface area contributed by atoms with Crippen LogP contribution in [0.25, 0.3) is 10.8 Å². The second-order valence-corrected chi connectivity index (χ2v) is 5.41. The monoisotopic (exact) mass is 245 g/mol. The number of rotatable bonds is 5. The highest BCUT2D eigenvalue weighted by Crippen LogP contribution is 2.19. The molecule has 2 rings (SSSR count). The van der Waals surface area contributed by atoms with E-state index in [1.165, 1.54) is 16.3 Å². The highest BCUT2D eigenvalue weighted by atomic mass is 28.3. The Morgan fingerprint density at radius 1 is 1.00 bits per heavy atom. The molecule has 17 heavy (non-hydrogen) atoms. The second kappa shape index (κ2) is 5.96. The normalized spacial score (nSPS) is 11.2. The van der Waals surface area contributed by atoms with Crippen LogP contribution in [0.3, 0.4) is 0 Å². The topological polar surface area (TPSA) is 18.5 Å². The van der Waals surface area contributed by atoms with Gasteiger partial charge in [-0.05, 0) is 29.8 Å². The van der Waals surface area contributed by atoms with Crippen LogP contribution in [-0.2, 0) is 15.5 Å². The Morgan fingerprint density at radius 3 is 2.59 bits per heavy atom. The maximum Gasteiger partial charge on any atom is 0.381 e. The lowest BCUT2D eigenvalue weighted by molar-refractivity contribution is 0.203. The summed E-state index contributed by atoms with van der Waals surface area (Å²) < 4.78 is 11.2. The minimum absolute atomic E-state index is 0.631. The molecule has 0 fully saturated rings. The first kappa shape index (κ1) is 12.3. The van der Waals surface area contributed by atoms with Gasteiger partial charge in [0.05, 0.1) is 6.61 Å². The van der Waals surface area contributed by atoms with Crippen molar-refractivity contribution in [3.8, 4) is 0 Å². The van der Waals surface area contributed by atoms with E-state index in [4.69, 9.17) is 8.85 Å². The van der Waals surface area contributed by atoms with E-state index < -0.39 is 9.28 Å². The van der Waals surface area contributed by atoms with Crippen LogP contribution >= 0.6 is 0 Å². The Balaban J connectivity index is 2.13. The number of hydrogen-bond acceptors (Lipinski definition) is 2. The fraction of sp³-hybridized carbons (Fsp3) is 0.286. The molecule has 0 saturated carbocycles. The first-order chi connectivity index (χ1) is 8.31. The van der Waals surface area contributed by atoms with Crippen molar-refractivity contribution in [1.82, 2.24) is 0 Å². The second-order valence-electron chi connectivity index (χ2n) is 3.85. The van der Waals surface area contributed by atoms with E-state index in [9.17, 15) is 0 Å². The third-order valence-electron chi connectivity index (χ3n) is 2.66. The molecule has 2 aromatic carbocycles. The van der Waals surface area contributed by atoms with Crippen LogP contribution in [0.5, 0.6) is 0 Å². The first-order valence-corrected chi connectivity index (χ1v) is 7.68. The lowest BCUT2D eigenvalue weighted by Crippen LogP contribution is -2.18. The van der Waals surface area contributed by atoms with Crippen molar-refractivity contribution < 1.29 is 8.85 Å². The minimum atomic E-state index is -1.11. The van der Waals surface area contributed by atoms with E-state index >= 15 is 0 Å². The predicted molar refractivity (Wildman–Crippen MR) is 72.0 cm³/mol. The van der Waals surface area contributed by atoms with Gasteiger partial charge in [-0.2, -0.15) is 0 Å². The van der Waals surface area contributed by atoms with E-state index in [0.29, 0.717) is 6.61 Å². The maximum atomic E-state index is 5.76.